The third-order valence-corrected chi connectivity index (χ3v) is 3.65. The Kier molecular flexibility index (Phi) is 3.69. The highest BCUT2D eigenvalue weighted by Gasteiger charge is 2.09. The van der Waals surface area contributed by atoms with Gasteiger partial charge in [-0.1, -0.05) is 24.3 Å². The molecule has 112 valence electrons. The number of fused-ring (bicyclic) bond motifs is 1. The summed E-state index contributed by atoms with van der Waals surface area (Å²) in [6.07, 6.45) is -0.533. The van der Waals surface area contributed by atoms with E-state index in [0.717, 1.165) is 16.5 Å². The molecule has 4 heteroatoms. The second-order valence-corrected chi connectivity index (χ2v) is 5.15. The van der Waals surface area contributed by atoms with Gasteiger partial charge in [0.2, 0.25) is 0 Å². The number of methoxy groups -OCH3 is 1. The zero-order valence-electron chi connectivity index (χ0n) is 12.4. The number of aliphatic hydroxyl groups is 1. The van der Waals surface area contributed by atoms with E-state index in [1.54, 1.807) is 38.3 Å². The lowest BCUT2D eigenvalue weighted by atomic mass is 10.0. The van der Waals surface area contributed by atoms with Crippen molar-refractivity contribution >= 4 is 11.0 Å². The van der Waals surface area contributed by atoms with Gasteiger partial charge in [-0.2, -0.15) is 0 Å². The van der Waals surface area contributed by atoms with Crippen molar-refractivity contribution in [2.45, 2.75) is 13.0 Å². The molecule has 4 nitrogen and oxygen atoms in total. The Hall–Kier alpha value is -2.59. The summed E-state index contributed by atoms with van der Waals surface area (Å²) in [6.45, 7) is 1.70. The highest BCUT2D eigenvalue weighted by molar-refractivity contribution is 5.82. The zero-order valence-corrected chi connectivity index (χ0v) is 12.4. The number of hydrogen-bond acceptors (Lipinski definition) is 4. The fourth-order valence-electron chi connectivity index (χ4n) is 2.36. The molecule has 0 fully saturated rings. The van der Waals surface area contributed by atoms with Gasteiger partial charge in [-0.3, -0.25) is 0 Å². The van der Waals surface area contributed by atoms with Crippen LogP contribution in [0.25, 0.3) is 22.1 Å². The fourth-order valence-corrected chi connectivity index (χ4v) is 2.36. The smallest absolute Gasteiger partial charge is 0.344 e. The van der Waals surface area contributed by atoms with E-state index in [0.29, 0.717) is 16.9 Å². The third kappa shape index (κ3) is 2.61. The molecule has 1 atom stereocenters. The van der Waals surface area contributed by atoms with E-state index in [1.165, 1.54) is 0 Å². The maximum absolute atomic E-state index is 12.2. The largest absolute Gasteiger partial charge is 0.497 e. The van der Waals surface area contributed by atoms with E-state index >= 15 is 0 Å². The van der Waals surface area contributed by atoms with E-state index in [-0.39, 0.29) is 0 Å². The molecule has 0 aliphatic heterocycles. The number of ether oxygens (including phenoxy) is 1. The molecule has 0 aliphatic carbocycles. The van der Waals surface area contributed by atoms with Crippen molar-refractivity contribution in [2.24, 2.45) is 0 Å². The van der Waals surface area contributed by atoms with Gasteiger partial charge < -0.3 is 14.3 Å². The standard InChI is InChI=1S/C18H16O4/c1-11(19)12-3-5-13(6-4-12)16-9-14-7-8-15(21-2)10-17(14)22-18(16)20/h3-11,19H,1-2H3. The number of rotatable bonds is 3. The Labute approximate surface area is 127 Å². The van der Waals surface area contributed by atoms with Crippen molar-refractivity contribution in [1.29, 1.82) is 0 Å². The van der Waals surface area contributed by atoms with Crippen LogP contribution in [0.15, 0.2) is 57.7 Å². The van der Waals surface area contributed by atoms with Crippen LogP contribution in [0.5, 0.6) is 5.75 Å². The number of aliphatic hydroxyl groups excluding tert-OH is 1. The first-order chi connectivity index (χ1) is 10.6. The molecule has 1 unspecified atom stereocenters. The van der Waals surface area contributed by atoms with Crippen molar-refractivity contribution in [2.75, 3.05) is 7.11 Å². The van der Waals surface area contributed by atoms with Gasteiger partial charge in [0.1, 0.15) is 11.3 Å². The lowest BCUT2D eigenvalue weighted by molar-refractivity contribution is 0.199. The van der Waals surface area contributed by atoms with Crippen molar-refractivity contribution in [3.63, 3.8) is 0 Å². The first-order valence-corrected chi connectivity index (χ1v) is 6.99. The Morgan fingerprint density at radius 3 is 2.45 bits per heavy atom. The van der Waals surface area contributed by atoms with Crippen molar-refractivity contribution in [3.05, 3.63) is 64.5 Å². The van der Waals surface area contributed by atoms with Crippen molar-refractivity contribution in [1.82, 2.24) is 0 Å². The van der Waals surface area contributed by atoms with Crippen LogP contribution < -0.4 is 10.4 Å². The average molecular weight is 296 g/mol. The Balaban J connectivity index is 2.10. The maximum atomic E-state index is 12.2. The Morgan fingerprint density at radius 2 is 1.82 bits per heavy atom. The summed E-state index contributed by atoms with van der Waals surface area (Å²) in [5.41, 5.74) is 2.16. The molecule has 1 N–H and O–H groups in total. The Morgan fingerprint density at radius 1 is 1.09 bits per heavy atom. The topological polar surface area (TPSA) is 59.7 Å². The van der Waals surface area contributed by atoms with E-state index < -0.39 is 11.7 Å². The molecule has 0 bridgehead atoms. The fraction of sp³-hybridized carbons (Fsp3) is 0.167. The van der Waals surface area contributed by atoms with Gasteiger partial charge in [-0.25, -0.2) is 4.79 Å². The average Bonchev–Trinajstić information content (AvgIpc) is 2.53. The van der Waals surface area contributed by atoms with Gasteiger partial charge in [0.15, 0.2) is 0 Å². The highest BCUT2D eigenvalue weighted by Crippen LogP contribution is 2.25. The van der Waals surface area contributed by atoms with Gasteiger partial charge in [0, 0.05) is 11.5 Å². The van der Waals surface area contributed by atoms with Crippen LogP contribution in [0.4, 0.5) is 0 Å². The minimum Gasteiger partial charge on any atom is -0.497 e. The van der Waals surface area contributed by atoms with Crippen molar-refractivity contribution < 1.29 is 14.3 Å². The molecule has 0 spiro atoms. The van der Waals surface area contributed by atoms with Crippen LogP contribution in [0, 0.1) is 0 Å². The normalized spacial score (nSPS) is 12.3. The van der Waals surface area contributed by atoms with E-state index in [1.807, 2.05) is 24.3 Å². The van der Waals surface area contributed by atoms with E-state index in [9.17, 15) is 9.90 Å². The summed E-state index contributed by atoms with van der Waals surface area (Å²) in [6, 6.07) is 14.4. The van der Waals surface area contributed by atoms with Gasteiger partial charge in [0.25, 0.3) is 0 Å². The molecule has 0 amide bonds. The Bertz CT molecular complexity index is 860. The van der Waals surface area contributed by atoms with E-state index in [4.69, 9.17) is 9.15 Å². The lowest BCUT2D eigenvalue weighted by Crippen LogP contribution is -2.03. The summed E-state index contributed by atoms with van der Waals surface area (Å²) in [4.78, 5) is 12.2. The van der Waals surface area contributed by atoms with Crippen LogP contribution in [0.3, 0.4) is 0 Å². The van der Waals surface area contributed by atoms with Crippen LogP contribution in [-0.2, 0) is 0 Å². The summed E-state index contributed by atoms with van der Waals surface area (Å²) < 4.78 is 10.5. The van der Waals surface area contributed by atoms with Gasteiger partial charge in [-0.15, -0.1) is 0 Å². The van der Waals surface area contributed by atoms with Crippen molar-refractivity contribution in [3.8, 4) is 16.9 Å². The second kappa shape index (κ2) is 5.66. The molecule has 0 radical (unpaired) electrons. The summed E-state index contributed by atoms with van der Waals surface area (Å²) >= 11 is 0. The van der Waals surface area contributed by atoms with Gasteiger partial charge in [-0.05, 0) is 36.2 Å². The monoisotopic (exact) mass is 296 g/mol. The quantitative estimate of drug-likeness (QED) is 0.751. The summed E-state index contributed by atoms with van der Waals surface area (Å²) in [5, 5.41) is 10.4. The van der Waals surface area contributed by atoms with E-state index in [2.05, 4.69) is 0 Å². The molecular formula is C18H16O4. The highest BCUT2D eigenvalue weighted by atomic mass is 16.5. The van der Waals surface area contributed by atoms with Crippen LogP contribution in [-0.4, -0.2) is 12.2 Å². The van der Waals surface area contributed by atoms with Gasteiger partial charge >= 0.3 is 5.63 Å². The molecule has 0 aliphatic rings. The summed E-state index contributed by atoms with van der Waals surface area (Å²) in [5.74, 6) is 0.643. The molecular weight excluding hydrogens is 280 g/mol. The molecule has 0 saturated heterocycles. The molecule has 2 aromatic carbocycles. The van der Waals surface area contributed by atoms with Crippen LogP contribution in [0.1, 0.15) is 18.6 Å². The minimum atomic E-state index is -0.533. The first kappa shape index (κ1) is 14.4. The lowest BCUT2D eigenvalue weighted by Gasteiger charge is -2.07. The minimum absolute atomic E-state index is 0.398. The third-order valence-electron chi connectivity index (χ3n) is 3.65. The number of benzene rings is 2. The molecule has 3 aromatic rings. The molecule has 3 rings (SSSR count). The predicted molar refractivity (Wildman–Crippen MR) is 85.1 cm³/mol. The van der Waals surface area contributed by atoms with Crippen LogP contribution in [0.2, 0.25) is 0 Å². The molecule has 1 heterocycles. The van der Waals surface area contributed by atoms with Gasteiger partial charge in [0.05, 0.1) is 18.8 Å². The zero-order chi connectivity index (χ0) is 15.7. The second-order valence-electron chi connectivity index (χ2n) is 5.15. The van der Waals surface area contributed by atoms with Crippen LogP contribution >= 0.6 is 0 Å². The maximum Gasteiger partial charge on any atom is 0.344 e. The summed E-state index contributed by atoms with van der Waals surface area (Å²) in [7, 11) is 1.57. The molecule has 0 saturated carbocycles. The number of hydrogen-bond donors (Lipinski definition) is 1. The first-order valence-electron chi connectivity index (χ1n) is 6.99. The molecule has 1 aromatic heterocycles. The molecule has 22 heavy (non-hydrogen) atoms. The predicted octanol–water partition coefficient (Wildman–Crippen LogP) is 3.52. The SMILES string of the molecule is COc1ccc2cc(-c3ccc(C(C)O)cc3)c(=O)oc2c1.